The quantitative estimate of drug-likeness (QED) is 0.627. The summed E-state index contributed by atoms with van der Waals surface area (Å²) < 4.78 is 1.81. The van der Waals surface area contributed by atoms with Gasteiger partial charge in [0.2, 0.25) is 0 Å². The molecule has 0 saturated carbocycles. The number of hydrogen-bond donors (Lipinski definition) is 0. The van der Waals surface area contributed by atoms with Crippen LogP contribution in [0.1, 0.15) is 20.8 Å². The highest BCUT2D eigenvalue weighted by molar-refractivity contribution is 7.99. The second-order valence-corrected chi connectivity index (χ2v) is 5.89. The van der Waals surface area contributed by atoms with E-state index in [4.69, 9.17) is 0 Å². The third kappa shape index (κ3) is 2.58. The van der Waals surface area contributed by atoms with Crippen LogP contribution in [0.2, 0.25) is 0 Å². The Labute approximate surface area is 111 Å². The van der Waals surface area contributed by atoms with Gasteiger partial charge < -0.3 is 0 Å². The Kier molecular flexibility index (Phi) is 4.07. The summed E-state index contributed by atoms with van der Waals surface area (Å²) >= 11 is 1.62. The molecule has 0 saturated heterocycles. The van der Waals surface area contributed by atoms with Crippen molar-refractivity contribution in [2.45, 2.75) is 32.5 Å². The molecule has 0 bridgehead atoms. The summed E-state index contributed by atoms with van der Waals surface area (Å²) in [5.74, 6) is 1.35. The van der Waals surface area contributed by atoms with Gasteiger partial charge in [0, 0.05) is 6.54 Å². The number of benzene rings is 1. The maximum Gasteiger partial charge on any atom is 0.262 e. The molecule has 18 heavy (non-hydrogen) atoms. The average molecular weight is 262 g/mol. The largest absolute Gasteiger partial charge is 0.287 e. The standard InChI is InChI=1S/C14H18N2OS/c1-4-18-14-15-12-8-6-5-7-11(12)13(17)16(14)9-10(2)3/h5-8,10H,4,9H2,1-3H3. The maximum absolute atomic E-state index is 12.5. The lowest BCUT2D eigenvalue weighted by Crippen LogP contribution is -2.25. The third-order valence-corrected chi connectivity index (χ3v) is 3.51. The van der Waals surface area contributed by atoms with Gasteiger partial charge in [0.05, 0.1) is 10.9 Å². The SMILES string of the molecule is CCSc1nc2ccccc2c(=O)n1CC(C)C. The van der Waals surface area contributed by atoms with Gasteiger partial charge in [-0.1, -0.05) is 44.7 Å². The molecule has 4 heteroatoms. The van der Waals surface area contributed by atoms with E-state index >= 15 is 0 Å². The van der Waals surface area contributed by atoms with Crippen molar-refractivity contribution in [3.05, 3.63) is 34.6 Å². The monoisotopic (exact) mass is 262 g/mol. The predicted octanol–water partition coefficient (Wildman–Crippen LogP) is 3.16. The zero-order valence-corrected chi connectivity index (χ0v) is 11.8. The van der Waals surface area contributed by atoms with Crippen LogP contribution in [0.15, 0.2) is 34.2 Å². The molecule has 0 aliphatic carbocycles. The van der Waals surface area contributed by atoms with Gasteiger partial charge in [0.1, 0.15) is 0 Å². The first-order valence-electron chi connectivity index (χ1n) is 6.25. The van der Waals surface area contributed by atoms with Crippen LogP contribution in [0.25, 0.3) is 10.9 Å². The molecule has 0 atom stereocenters. The van der Waals surface area contributed by atoms with Gasteiger partial charge in [-0.2, -0.15) is 0 Å². The Bertz CT molecular complexity index is 604. The summed E-state index contributed by atoms with van der Waals surface area (Å²) in [6.45, 7) is 7.02. The van der Waals surface area contributed by atoms with Crippen molar-refractivity contribution in [1.82, 2.24) is 9.55 Å². The average Bonchev–Trinajstić information content (AvgIpc) is 2.34. The third-order valence-electron chi connectivity index (χ3n) is 2.65. The molecule has 0 fully saturated rings. The molecule has 0 N–H and O–H groups in total. The van der Waals surface area contributed by atoms with Crippen LogP contribution in [-0.2, 0) is 6.54 Å². The van der Waals surface area contributed by atoms with Crippen LogP contribution in [0.3, 0.4) is 0 Å². The van der Waals surface area contributed by atoms with Gasteiger partial charge in [-0.05, 0) is 23.8 Å². The molecule has 1 heterocycles. The van der Waals surface area contributed by atoms with E-state index in [1.54, 1.807) is 16.3 Å². The molecule has 0 spiro atoms. The Morgan fingerprint density at radius 1 is 1.33 bits per heavy atom. The number of para-hydroxylation sites is 1. The fourth-order valence-corrected chi connectivity index (χ4v) is 2.65. The van der Waals surface area contributed by atoms with Crippen molar-refractivity contribution < 1.29 is 0 Å². The molecule has 2 aromatic rings. The maximum atomic E-state index is 12.5. The highest BCUT2D eigenvalue weighted by atomic mass is 32.2. The Balaban J connectivity index is 2.67. The van der Waals surface area contributed by atoms with Crippen molar-refractivity contribution in [3.8, 4) is 0 Å². The van der Waals surface area contributed by atoms with Crippen molar-refractivity contribution in [1.29, 1.82) is 0 Å². The molecule has 1 aromatic heterocycles. The normalized spacial score (nSPS) is 11.3. The van der Waals surface area contributed by atoms with Gasteiger partial charge >= 0.3 is 0 Å². The van der Waals surface area contributed by atoms with Crippen molar-refractivity contribution in [2.24, 2.45) is 5.92 Å². The lowest BCUT2D eigenvalue weighted by molar-refractivity contribution is 0.475. The summed E-state index contributed by atoms with van der Waals surface area (Å²) in [5.41, 5.74) is 0.865. The number of aromatic nitrogens is 2. The minimum absolute atomic E-state index is 0.0743. The zero-order valence-electron chi connectivity index (χ0n) is 11.0. The lowest BCUT2D eigenvalue weighted by Gasteiger charge is -2.14. The summed E-state index contributed by atoms with van der Waals surface area (Å²) in [5, 5.41) is 1.54. The highest BCUT2D eigenvalue weighted by Gasteiger charge is 2.11. The van der Waals surface area contributed by atoms with Gasteiger partial charge in [-0.3, -0.25) is 9.36 Å². The van der Waals surface area contributed by atoms with Crippen LogP contribution >= 0.6 is 11.8 Å². The van der Waals surface area contributed by atoms with Crippen molar-refractivity contribution >= 4 is 22.7 Å². The number of nitrogens with zero attached hydrogens (tertiary/aromatic N) is 2. The molecular formula is C14H18N2OS. The zero-order chi connectivity index (χ0) is 13.1. The van der Waals surface area contributed by atoms with Crippen LogP contribution in [-0.4, -0.2) is 15.3 Å². The highest BCUT2D eigenvalue weighted by Crippen LogP contribution is 2.18. The Morgan fingerprint density at radius 2 is 2.06 bits per heavy atom. The number of hydrogen-bond acceptors (Lipinski definition) is 3. The van der Waals surface area contributed by atoms with E-state index in [1.165, 1.54) is 0 Å². The minimum atomic E-state index is 0.0743. The Hall–Kier alpha value is -1.29. The van der Waals surface area contributed by atoms with E-state index in [0.29, 0.717) is 11.3 Å². The molecule has 3 nitrogen and oxygen atoms in total. The van der Waals surface area contributed by atoms with Crippen LogP contribution in [0.4, 0.5) is 0 Å². The second kappa shape index (κ2) is 5.57. The van der Waals surface area contributed by atoms with Crippen LogP contribution in [0.5, 0.6) is 0 Å². The van der Waals surface area contributed by atoms with Gasteiger partial charge in [0.15, 0.2) is 5.16 Å². The first-order valence-corrected chi connectivity index (χ1v) is 7.24. The van der Waals surface area contributed by atoms with Crippen molar-refractivity contribution in [2.75, 3.05) is 5.75 Å². The topological polar surface area (TPSA) is 34.9 Å². The van der Waals surface area contributed by atoms with E-state index in [2.05, 4.69) is 25.8 Å². The molecule has 2 rings (SSSR count). The van der Waals surface area contributed by atoms with Crippen LogP contribution < -0.4 is 5.56 Å². The summed E-state index contributed by atoms with van der Waals surface area (Å²) in [7, 11) is 0. The number of rotatable bonds is 4. The molecule has 0 aliphatic heterocycles. The van der Waals surface area contributed by atoms with Gasteiger partial charge in [-0.15, -0.1) is 0 Å². The van der Waals surface area contributed by atoms with Crippen LogP contribution in [0, 0.1) is 5.92 Å². The first kappa shape index (κ1) is 13.1. The van der Waals surface area contributed by atoms with E-state index in [-0.39, 0.29) is 5.56 Å². The first-order chi connectivity index (χ1) is 8.63. The second-order valence-electron chi connectivity index (χ2n) is 4.65. The summed E-state index contributed by atoms with van der Waals surface area (Å²) in [4.78, 5) is 17.1. The Morgan fingerprint density at radius 3 is 2.72 bits per heavy atom. The molecule has 0 aliphatic rings. The molecule has 0 amide bonds. The van der Waals surface area contributed by atoms with Gasteiger partial charge in [0.25, 0.3) is 5.56 Å². The number of fused-ring (bicyclic) bond motifs is 1. The van der Waals surface area contributed by atoms with E-state index < -0.39 is 0 Å². The lowest BCUT2D eigenvalue weighted by atomic mass is 10.2. The molecular weight excluding hydrogens is 244 g/mol. The van der Waals surface area contributed by atoms with E-state index in [0.717, 1.165) is 23.0 Å². The molecule has 0 radical (unpaired) electrons. The summed E-state index contributed by atoms with van der Waals surface area (Å²) in [6, 6.07) is 7.55. The smallest absolute Gasteiger partial charge is 0.262 e. The molecule has 1 aromatic carbocycles. The van der Waals surface area contributed by atoms with Crippen molar-refractivity contribution in [3.63, 3.8) is 0 Å². The fraction of sp³-hybridized carbons (Fsp3) is 0.429. The fourth-order valence-electron chi connectivity index (χ4n) is 1.91. The molecule has 96 valence electrons. The summed E-state index contributed by atoms with van der Waals surface area (Å²) in [6.07, 6.45) is 0. The number of thioether (sulfide) groups is 1. The predicted molar refractivity (Wildman–Crippen MR) is 77.2 cm³/mol. The van der Waals surface area contributed by atoms with E-state index in [1.807, 2.05) is 24.3 Å². The van der Waals surface area contributed by atoms with E-state index in [9.17, 15) is 4.79 Å². The van der Waals surface area contributed by atoms with Gasteiger partial charge in [-0.25, -0.2) is 4.98 Å². The minimum Gasteiger partial charge on any atom is -0.287 e. The molecule has 0 unspecified atom stereocenters.